The molecule has 28 heavy (non-hydrogen) atoms. The van der Waals surface area contributed by atoms with Crippen LogP contribution in [0.25, 0.3) is 0 Å². The second kappa shape index (κ2) is 10.5. The summed E-state index contributed by atoms with van der Waals surface area (Å²) in [5.74, 6) is 0.193. The summed E-state index contributed by atoms with van der Waals surface area (Å²) in [6, 6.07) is 10.9. The summed E-state index contributed by atoms with van der Waals surface area (Å²) in [6.45, 7) is 9.84. The number of carbonyl (C=O) groups excluding carboxylic acids is 2. The predicted molar refractivity (Wildman–Crippen MR) is 109 cm³/mol. The van der Waals surface area contributed by atoms with Gasteiger partial charge in [-0.2, -0.15) is 0 Å². The molecule has 2 aromatic rings. The van der Waals surface area contributed by atoms with Crippen LogP contribution in [0.1, 0.15) is 38.2 Å². The molecule has 0 aliphatic heterocycles. The molecule has 7 heteroatoms. The van der Waals surface area contributed by atoms with Crippen molar-refractivity contribution < 1.29 is 18.7 Å². The first-order valence-corrected chi connectivity index (χ1v) is 9.47. The van der Waals surface area contributed by atoms with Gasteiger partial charge in [0.25, 0.3) is 11.8 Å². The van der Waals surface area contributed by atoms with E-state index in [1.54, 1.807) is 36.4 Å². The van der Waals surface area contributed by atoms with Gasteiger partial charge in [0.2, 0.25) is 0 Å². The van der Waals surface area contributed by atoms with Crippen LogP contribution in [0.15, 0.2) is 47.1 Å². The number of benzene rings is 1. The Bertz CT molecular complexity index is 749. The van der Waals surface area contributed by atoms with Crippen LogP contribution in [-0.2, 0) is 4.79 Å². The maximum absolute atomic E-state index is 12.0. The summed E-state index contributed by atoms with van der Waals surface area (Å²) >= 11 is 0. The normalized spacial score (nSPS) is 11.1. The maximum Gasteiger partial charge on any atom is 0.291 e. The average molecular weight is 387 g/mol. The molecule has 2 N–H and O–H groups in total. The van der Waals surface area contributed by atoms with Gasteiger partial charge in [0.15, 0.2) is 12.4 Å². The molecule has 0 saturated carbocycles. The van der Waals surface area contributed by atoms with Crippen LogP contribution >= 0.6 is 0 Å². The van der Waals surface area contributed by atoms with Gasteiger partial charge in [-0.3, -0.25) is 14.5 Å². The molecule has 0 unspecified atom stereocenters. The molecule has 152 valence electrons. The van der Waals surface area contributed by atoms with Crippen molar-refractivity contribution in [3.8, 4) is 5.75 Å². The van der Waals surface area contributed by atoms with Crippen molar-refractivity contribution in [1.82, 2.24) is 10.2 Å². The van der Waals surface area contributed by atoms with E-state index < -0.39 is 0 Å². The third-order valence-corrected chi connectivity index (χ3v) is 4.23. The molecule has 0 bridgehead atoms. The zero-order valence-corrected chi connectivity index (χ0v) is 16.9. The van der Waals surface area contributed by atoms with Gasteiger partial charge in [0.05, 0.1) is 6.26 Å². The highest BCUT2D eigenvalue weighted by Gasteiger charge is 2.13. The lowest BCUT2D eigenvalue weighted by molar-refractivity contribution is -0.123. The van der Waals surface area contributed by atoms with Crippen molar-refractivity contribution in [2.24, 2.45) is 0 Å². The van der Waals surface area contributed by atoms with Gasteiger partial charge in [-0.15, -0.1) is 0 Å². The molecule has 0 radical (unpaired) electrons. The quantitative estimate of drug-likeness (QED) is 0.654. The van der Waals surface area contributed by atoms with Crippen LogP contribution in [0.4, 0.5) is 5.69 Å². The third-order valence-electron chi connectivity index (χ3n) is 4.23. The van der Waals surface area contributed by atoms with Crippen LogP contribution in [0.5, 0.6) is 5.75 Å². The minimum Gasteiger partial charge on any atom is -0.484 e. The molecule has 2 amide bonds. The van der Waals surface area contributed by atoms with Gasteiger partial charge in [-0.1, -0.05) is 6.07 Å². The summed E-state index contributed by atoms with van der Waals surface area (Å²) in [7, 11) is 0. The second-order valence-corrected chi connectivity index (χ2v) is 7.02. The van der Waals surface area contributed by atoms with Crippen LogP contribution in [0.2, 0.25) is 0 Å². The highest BCUT2D eigenvalue weighted by molar-refractivity contribution is 6.02. The summed E-state index contributed by atoms with van der Waals surface area (Å²) in [6.07, 6.45) is 1.44. The molecule has 0 aliphatic rings. The van der Waals surface area contributed by atoms with Crippen molar-refractivity contribution in [2.45, 2.75) is 39.8 Å². The van der Waals surface area contributed by atoms with Crippen LogP contribution in [0, 0.1) is 0 Å². The van der Waals surface area contributed by atoms with Gasteiger partial charge < -0.3 is 19.8 Å². The molecule has 0 spiro atoms. The van der Waals surface area contributed by atoms with E-state index in [2.05, 4.69) is 43.2 Å². The monoisotopic (exact) mass is 387 g/mol. The predicted octanol–water partition coefficient (Wildman–Crippen LogP) is 3.15. The molecule has 0 aliphatic carbocycles. The van der Waals surface area contributed by atoms with Crippen molar-refractivity contribution in [3.05, 3.63) is 48.4 Å². The van der Waals surface area contributed by atoms with Crippen LogP contribution in [0.3, 0.4) is 0 Å². The number of hydrogen-bond acceptors (Lipinski definition) is 5. The lowest BCUT2D eigenvalue weighted by atomic mass is 10.2. The molecule has 0 fully saturated rings. The zero-order valence-electron chi connectivity index (χ0n) is 16.9. The molecule has 2 rings (SSSR count). The van der Waals surface area contributed by atoms with Crippen molar-refractivity contribution >= 4 is 17.5 Å². The summed E-state index contributed by atoms with van der Waals surface area (Å²) in [5, 5.41) is 5.59. The number of ether oxygens (including phenoxy) is 1. The number of nitrogens with zero attached hydrogens (tertiary/aromatic N) is 1. The molecule has 1 aromatic heterocycles. The number of nitrogens with one attached hydrogen (secondary N) is 2. The van der Waals surface area contributed by atoms with Crippen molar-refractivity contribution in [3.63, 3.8) is 0 Å². The standard InChI is InChI=1S/C21H29N3O4/c1-15(2)24(16(3)4)11-10-22-20(25)14-28-18-8-5-7-17(13-18)23-21(26)19-9-6-12-27-19/h5-9,12-13,15-16H,10-11,14H2,1-4H3,(H,22,25)(H,23,26). The average Bonchev–Trinajstić information content (AvgIpc) is 3.18. The highest BCUT2D eigenvalue weighted by Crippen LogP contribution is 2.18. The van der Waals surface area contributed by atoms with E-state index in [0.717, 1.165) is 6.54 Å². The number of carbonyl (C=O) groups is 2. The zero-order chi connectivity index (χ0) is 20.5. The molecule has 0 atom stereocenters. The second-order valence-electron chi connectivity index (χ2n) is 7.02. The fraction of sp³-hybridized carbons (Fsp3) is 0.429. The van der Waals surface area contributed by atoms with Crippen molar-refractivity contribution in [1.29, 1.82) is 0 Å². The van der Waals surface area contributed by atoms with Gasteiger partial charge in [-0.05, 0) is 52.0 Å². The Hall–Kier alpha value is -2.80. The number of anilines is 1. The summed E-state index contributed by atoms with van der Waals surface area (Å²) in [4.78, 5) is 26.3. The van der Waals surface area contributed by atoms with Crippen molar-refractivity contribution in [2.75, 3.05) is 25.0 Å². The van der Waals surface area contributed by atoms with E-state index in [4.69, 9.17) is 9.15 Å². The van der Waals surface area contributed by atoms with Gasteiger partial charge in [0, 0.05) is 36.9 Å². The molecule has 1 heterocycles. The van der Waals surface area contributed by atoms with Gasteiger partial charge in [-0.25, -0.2) is 0 Å². The van der Waals surface area contributed by atoms with Gasteiger partial charge >= 0.3 is 0 Å². The largest absolute Gasteiger partial charge is 0.484 e. The molecular formula is C21H29N3O4. The van der Waals surface area contributed by atoms with Crippen LogP contribution in [-0.4, -0.2) is 48.5 Å². The molecular weight excluding hydrogens is 358 g/mol. The minimum atomic E-state index is -0.347. The van der Waals surface area contributed by atoms with Crippen LogP contribution < -0.4 is 15.4 Å². The van der Waals surface area contributed by atoms with E-state index in [-0.39, 0.29) is 24.2 Å². The Labute approximate surface area is 166 Å². The lowest BCUT2D eigenvalue weighted by Gasteiger charge is -2.30. The first-order chi connectivity index (χ1) is 13.4. The van der Waals surface area contributed by atoms with E-state index in [9.17, 15) is 9.59 Å². The fourth-order valence-electron chi connectivity index (χ4n) is 2.90. The Morgan fingerprint density at radius 3 is 2.50 bits per heavy atom. The summed E-state index contributed by atoms with van der Waals surface area (Å²) in [5.41, 5.74) is 0.559. The van der Waals surface area contributed by atoms with E-state index >= 15 is 0 Å². The smallest absolute Gasteiger partial charge is 0.291 e. The fourth-order valence-corrected chi connectivity index (χ4v) is 2.90. The van der Waals surface area contributed by atoms with E-state index in [0.29, 0.717) is 30.1 Å². The maximum atomic E-state index is 12.0. The first-order valence-electron chi connectivity index (χ1n) is 9.47. The Morgan fingerprint density at radius 2 is 1.86 bits per heavy atom. The number of furan rings is 1. The topological polar surface area (TPSA) is 83.8 Å². The highest BCUT2D eigenvalue weighted by atomic mass is 16.5. The van der Waals surface area contributed by atoms with E-state index in [1.165, 1.54) is 6.26 Å². The third kappa shape index (κ3) is 6.74. The SMILES string of the molecule is CC(C)N(CCNC(=O)COc1cccc(NC(=O)c2ccco2)c1)C(C)C. The first kappa shape index (κ1) is 21.5. The number of hydrogen-bond donors (Lipinski definition) is 2. The van der Waals surface area contributed by atoms with E-state index in [1.807, 2.05) is 0 Å². The Kier molecular flexibility index (Phi) is 8.07. The number of rotatable bonds is 10. The molecule has 7 nitrogen and oxygen atoms in total. The Balaban J connectivity index is 1.77. The molecule has 0 saturated heterocycles. The summed E-state index contributed by atoms with van der Waals surface area (Å²) < 4.78 is 10.6. The lowest BCUT2D eigenvalue weighted by Crippen LogP contribution is -2.43. The Morgan fingerprint density at radius 1 is 1.11 bits per heavy atom. The minimum absolute atomic E-state index is 0.0844. The van der Waals surface area contributed by atoms with Gasteiger partial charge in [0.1, 0.15) is 5.75 Å². The number of amides is 2. The molecule has 1 aromatic carbocycles.